The first-order valence-electron chi connectivity index (χ1n) is 6.70. The third-order valence-electron chi connectivity index (χ3n) is 3.96. The lowest BCUT2D eigenvalue weighted by molar-refractivity contribution is 0.248. The molecule has 1 aliphatic heterocycles. The zero-order valence-corrected chi connectivity index (χ0v) is 10.9. The van der Waals surface area contributed by atoms with Crippen molar-refractivity contribution in [2.45, 2.75) is 18.9 Å². The average Bonchev–Trinajstić information content (AvgIpc) is 3.24. The molecule has 1 aliphatic carbocycles. The first-order chi connectivity index (χ1) is 8.78. The molecule has 1 aromatic rings. The summed E-state index contributed by atoms with van der Waals surface area (Å²) in [4.78, 5) is 4.98. The molecule has 2 aliphatic rings. The molecule has 1 saturated heterocycles. The fraction of sp³-hybridized carbons (Fsp3) is 0.571. The van der Waals surface area contributed by atoms with Crippen molar-refractivity contribution in [2.24, 2.45) is 0 Å². The predicted octanol–water partition coefficient (Wildman–Crippen LogP) is 1.56. The van der Waals surface area contributed by atoms with Gasteiger partial charge in [-0.2, -0.15) is 0 Å². The van der Waals surface area contributed by atoms with Crippen molar-refractivity contribution in [3.05, 3.63) is 18.2 Å². The molecule has 2 fully saturated rings. The zero-order chi connectivity index (χ0) is 12.5. The summed E-state index contributed by atoms with van der Waals surface area (Å²) < 4.78 is 5.28. The van der Waals surface area contributed by atoms with Gasteiger partial charge in [0.05, 0.1) is 18.5 Å². The molecular weight excluding hydrogens is 226 g/mol. The smallest absolute Gasteiger partial charge is 0.121 e. The molecule has 0 amide bonds. The number of piperazine rings is 1. The summed E-state index contributed by atoms with van der Waals surface area (Å²) in [5.41, 5.74) is 8.03. The molecular formula is C14H21N3O. The number of hydrogen-bond donors (Lipinski definition) is 1. The molecule has 1 heterocycles. The number of nitrogens with zero attached hydrogens (tertiary/aromatic N) is 2. The zero-order valence-electron chi connectivity index (χ0n) is 10.9. The Balaban J connectivity index is 1.71. The Morgan fingerprint density at radius 2 is 1.89 bits per heavy atom. The Morgan fingerprint density at radius 3 is 2.50 bits per heavy atom. The van der Waals surface area contributed by atoms with Crippen LogP contribution in [0.1, 0.15) is 12.8 Å². The van der Waals surface area contributed by atoms with Crippen molar-refractivity contribution in [1.82, 2.24) is 4.90 Å². The van der Waals surface area contributed by atoms with Gasteiger partial charge in [-0.05, 0) is 25.0 Å². The molecule has 4 nitrogen and oxygen atoms in total. The summed E-state index contributed by atoms with van der Waals surface area (Å²) in [6.07, 6.45) is 2.78. The molecule has 0 unspecified atom stereocenters. The molecule has 4 heteroatoms. The van der Waals surface area contributed by atoms with Gasteiger partial charge in [0.15, 0.2) is 0 Å². The highest BCUT2D eigenvalue weighted by atomic mass is 16.5. The first-order valence-corrected chi connectivity index (χ1v) is 6.70. The Hall–Kier alpha value is -1.42. The fourth-order valence-corrected chi connectivity index (χ4v) is 2.69. The number of rotatable bonds is 3. The van der Waals surface area contributed by atoms with Crippen LogP contribution in [0, 0.1) is 0 Å². The minimum atomic E-state index is 0.843. The normalized spacial score (nSPS) is 21.1. The lowest BCUT2D eigenvalue weighted by Crippen LogP contribution is -2.47. The summed E-state index contributed by atoms with van der Waals surface area (Å²) in [6, 6.07) is 6.76. The molecule has 18 heavy (non-hydrogen) atoms. The van der Waals surface area contributed by atoms with Crippen molar-refractivity contribution in [2.75, 3.05) is 43.9 Å². The highest BCUT2D eigenvalue weighted by Gasteiger charge is 2.31. The maximum absolute atomic E-state index is 6.07. The van der Waals surface area contributed by atoms with Crippen LogP contribution < -0.4 is 15.4 Å². The van der Waals surface area contributed by atoms with E-state index in [-0.39, 0.29) is 0 Å². The van der Waals surface area contributed by atoms with Crippen molar-refractivity contribution in [3.8, 4) is 5.75 Å². The van der Waals surface area contributed by atoms with E-state index in [1.807, 2.05) is 18.2 Å². The van der Waals surface area contributed by atoms with Crippen LogP contribution in [0.4, 0.5) is 11.4 Å². The van der Waals surface area contributed by atoms with Crippen molar-refractivity contribution < 1.29 is 4.74 Å². The van der Waals surface area contributed by atoms with Gasteiger partial charge in [0.1, 0.15) is 5.75 Å². The van der Waals surface area contributed by atoms with E-state index in [4.69, 9.17) is 10.5 Å². The number of methoxy groups -OCH3 is 1. The topological polar surface area (TPSA) is 41.7 Å². The second-order valence-electron chi connectivity index (χ2n) is 5.18. The van der Waals surface area contributed by atoms with Gasteiger partial charge in [0.25, 0.3) is 0 Å². The highest BCUT2D eigenvalue weighted by Crippen LogP contribution is 2.31. The third kappa shape index (κ3) is 2.25. The Kier molecular flexibility index (Phi) is 3.04. The lowest BCUT2D eigenvalue weighted by atomic mass is 10.2. The number of ether oxygens (including phenoxy) is 1. The van der Waals surface area contributed by atoms with Crippen LogP contribution in [0.5, 0.6) is 5.75 Å². The summed E-state index contributed by atoms with van der Waals surface area (Å²) in [7, 11) is 1.69. The van der Waals surface area contributed by atoms with Crippen LogP contribution in [-0.2, 0) is 0 Å². The molecule has 98 valence electrons. The van der Waals surface area contributed by atoms with E-state index in [0.29, 0.717) is 0 Å². The molecule has 0 bridgehead atoms. The molecule has 0 atom stereocenters. The van der Waals surface area contributed by atoms with Gasteiger partial charge in [-0.3, -0.25) is 4.90 Å². The fourth-order valence-electron chi connectivity index (χ4n) is 2.69. The highest BCUT2D eigenvalue weighted by molar-refractivity contribution is 5.69. The van der Waals surface area contributed by atoms with Gasteiger partial charge < -0.3 is 15.4 Å². The molecule has 0 aromatic heterocycles. The maximum Gasteiger partial charge on any atom is 0.121 e. The maximum atomic E-state index is 6.07. The second-order valence-corrected chi connectivity index (χ2v) is 5.18. The van der Waals surface area contributed by atoms with E-state index in [0.717, 1.165) is 49.3 Å². The molecule has 0 spiro atoms. The van der Waals surface area contributed by atoms with Crippen LogP contribution in [0.2, 0.25) is 0 Å². The van der Waals surface area contributed by atoms with Crippen molar-refractivity contribution >= 4 is 11.4 Å². The largest absolute Gasteiger partial charge is 0.497 e. The van der Waals surface area contributed by atoms with Gasteiger partial charge in [-0.15, -0.1) is 0 Å². The summed E-state index contributed by atoms with van der Waals surface area (Å²) >= 11 is 0. The Bertz CT molecular complexity index is 423. The van der Waals surface area contributed by atoms with Crippen LogP contribution in [0.15, 0.2) is 18.2 Å². The standard InChI is InChI=1S/C14H21N3O/c1-18-12-4-5-13(15)14(10-12)17-8-6-16(7-9-17)11-2-3-11/h4-5,10-11H,2-3,6-9,15H2,1H3. The average molecular weight is 247 g/mol. The lowest BCUT2D eigenvalue weighted by Gasteiger charge is -2.36. The molecule has 3 rings (SSSR count). The molecule has 1 aromatic carbocycles. The predicted molar refractivity (Wildman–Crippen MR) is 74.2 cm³/mol. The van der Waals surface area contributed by atoms with Crippen molar-refractivity contribution in [1.29, 1.82) is 0 Å². The van der Waals surface area contributed by atoms with Crippen LogP contribution >= 0.6 is 0 Å². The van der Waals surface area contributed by atoms with Gasteiger partial charge in [0.2, 0.25) is 0 Å². The van der Waals surface area contributed by atoms with E-state index < -0.39 is 0 Å². The van der Waals surface area contributed by atoms with E-state index >= 15 is 0 Å². The summed E-state index contributed by atoms with van der Waals surface area (Å²) in [5, 5.41) is 0. The number of nitrogen functional groups attached to an aromatic ring is 1. The number of anilines is 2. The van der Waals surface area contributed by atoms with Crippen LogP contribution in [0.3, 0.4) is 0 Å². The van der Waals surface area contributed by atoms with Crippen LogP contribution in [0.25, 0.3) is 0 Å². The Labute approximate surface area is 108 Å². The summed E-state index contributed by atoms with van der Waals surface area (Å²) in [6.45, 7) is 4.43. The van der Waals surface area contributed by atoms with E-state index in [1.165, 1.54) is 12.8 Å². The van der Waals surface area contributed by atoms with Gasteiger partial charge in [0, 0.05) is 38.3 Å². The molecule has 0 radical (unpaired) electrons. The molecule has 1 saturated carbocycles. The monoisotopic (exact) mass is 247 g/mol. The van der Waals surface area contributed by atoms with Crippen molar-refractivity contribution in [3.63, 3.8) is 0 Å². The molecule has 2 N–H and O–H groups in total. The number of hydrogen-bond acceptors (Lipinski definition) is 4. The van der Waals surface area contributed by atoms with Gasteiger partial charge in [-0.25, -0.2) is 0 Å². The quantitative estimate of drug-likeness (QED) is 0.823. The van der Waals surface area contributed by atoms with E-state index in [9.17, 15) is 0 Å². The summed E-state index contributed by atoms with van der Waals surface area (Å²) in [5.74, 6) is 0.879. The third-order valence-corrected chi connectivity index (χ3v) is 3.96. The van der Waals surface area contributed by atoms with Gasteiger partial charge >= 0.3 is 0 Å². The second kappa shape index (κ2) is 4.69. The van der Waals surface area contributed by atoms with E-state index in [1.54, 1.807) is 7.11 Å². The first kappa shape index (κ1) is 11.7. The SMILES string of the molecule is COc1ccc(N)c(N2CCN(C3CC3)CC2)c1. The van der Waals surface area contributed by atoms with Crippen LogP contribution in [-0.4, -0.2) is 44.2 Å². The van der Waals surface area contributed by atoms with Gasteiger partial charge in [-0.1, -0.05) is 0 Å². The van der Waals surface area contributed by atoms with E-state index in [2.05, 4.69) is 9.80 Å². The Morgan fingerprint density at radius 1 is 1.17 bits per heavy atom. The number of benzene rings is 1. The minimum Gasteiger partial charge on any atom is -0.497 e. The minimum absolute atomic E-state index is 0.843. The number of nitrogens with two attached hydrogens (primary N) is 1.